The number of aryl methyl sites for hydroxylation is 1. The Bertz CT molecular complexity index is 539. The number of nitrogens with one attached hydrogen (secondary N) is 1. The summed E-state index contributed by atoms with van der Waals surface area (Å²) in [7, 11) is 0. The first kappa shape index (κ1) is 12.4. The quantitative estimate of drug-likeness (QED) is 0.831. The average molecular weight is 265 g/mol. The van der Waals surface area contributed by atoms with E-state index in [1.54, 1.807) is 29.1 Å². The van der Waals surface area contributed by atoms with Crippen molar-refractivity contribution in [1.82, 2.24) is 9.78 Å². The van der Waals surface area contributed by atoms with Crippen molar-refractivity contribution in [2.24, 2.45) is 0 Å². The molecule has 5 nitrogen and oxygen atoms in total. The second kappa shape index (κ2) is 5.55. The van der Waals surface area contributed by atoms with Crippen molar-refractivity contribution in [3.63, 3.8) is 0 Å². The molecule has 1 aromatic heterocycles. The Balaban J connectivity index is 1.91. The van der Waals surface area contributed by atoms with Crippen LogP contribution in [0.3, 0.4) is 0 Å². The lowest BCUT2D eigenvalue weighted by atomic mass is 10.2. The summed E-state index contributed by atoms with van der Waals surface area (Å²) in [6.07, 6.45) is 3.82. The van der Waals surface area contributed by atoms with Gasteiger partial charge in [-0.25, -0.2) is 0 Å². The number of anilines is 2. The summed E-state index contributed by atoms with van der Waals surface area (Å²) in [5.74, 6) is -0.112. The Labute approximate surface area is 110 Å². The van der Waals surface area contributed by atoms with Crippen LogP contribution in [0.4, 0.5) is 11.4 Å². The fourth-order valence-corrected chi connectivity index (χ4v) is 1.69. The van der Waals surface area contributed by atoms with Crippen LogP contribution in [-0.4, -0.2) is 15.7 Å². The van der Waals surface area contributed by atoms with Gasteiger partial charge in [-0.05, 0) is 24.3 Å². The van der Waals surface area contributed by atoms with Crippen LogP contribution >= 0.6 is 11.6 Å². The van der Waals surface area contributed by atoms with Crippen LogP contribution in [0.5, 0.6) is 0 Å². The van der Waals surface area contributed by atoms with Gasteiger partial charge >= 0.3 is 0 Å². The van der Waals surface area contributed by atoms with E-state index in [4.69, 9.17) is 17.3 Å². The van der Waals surface area contributed by atoms with E-state index in [-0.39, 0.29) is 5.91 Å². The largest absolute Gasteiger partial charge is 0.397 e. The lowest BCUT2D eigenvalue weighted by Crippen LogP contribution is -2.15. The molecule has 1 amide bonds. The van der Waals surface area contributed by atoms with Gasteiger partial charge in [0.1, 0.15) is 0 Å². The molecule has 0 atom stereocenters. The maximum atomic E-state index is 11.7. The number of carbonyl (C=O) groups excluding carboxylic acids is 1. The summed E-state index contributed by atoms with van der Waals surface area (Å²) in [5.41, 5.74) is 6.77. The number of nitrogens with zero attached hydrogens (tertiary/aromatic N) is 2. The van der Waals surface area contributed by atoms with Crippen molar-refractivity contribution >= 4 is 28.9 Å². The number of hydrogen-bond acceptors (Lipinski definition) is 3. The molecule has 0 spiro atoms. The fraction of sp³-hybridized carbons (Fsp3) is 0.167. The minimum absolute atomic E-state index is 0.112. The van der Waals surface area contributed by atoms with Gasteiger partial charge in [0.2, 0.25) is 5.91 Å². The molecule has 0 saturated carbocycles. The highest BCUT2D eigenvalue weighted by atomic mass is 35.5. The number of nitrogen functional groups attached to an aromatic ring is 1. The highest BCUT2D eigenvalue weighted by molar-refractivity contribution is 6.31. The maximum Gasteiger partial charge on any atom is 0.226 e. The molecule has 0 radical (unpaired) electrons. The standard InChI is InChI=1S/C12H13ClN4O/c13-9-2-3-11(10(14)8-9)16-12(18)4-7-17-6-1-5-15-17/h1-3,5-6,8H,4,7,14H2,(H,16,18). The Morgan fingerprint density at radius 1 is 1.50 bits per heavy atom. The summed E-state index contributed by atoms with van der Waals surface area (Å²) in [6.45, 7) is 0.534. The molecule has 2 aromatic rings. The minimum Gasteiger partial charge on any atom is -0.397 e. The lowest BCUT2D eigenvalue weighted by molar-refractivity contribution is -0.116. The van der Waals surface area contributed by atoms with Gasteiger partial charge in [-0.3, -0.25) is 9.48 Å². The van der Waals surface area contributed by atoms with E-state index < -0.39 is 0 Å². The predicted octanol–water partition coefficient (Wildman–Crippen LogP) is 2.15. The van der Waals surface area contributed by atoms with Crippen LogP contribution in [0, 0.1) is 0 Å². The molecule has 0 unspecified atom stereocenters. The average Bonchev–Trinajstić information content (AvgIpc) is 2.83. The Hall–Kier alpha value is -2.01. The van der Waals surface area contributed by atoms with Crippen molar-refractivity contribution in [2.45, 2.75) is 13.0 Å². The van der Waals surface area contributed by atoms with Crippen molar-refractivity contribution in [2.75, 3.05) is 11.1 Å². The molecule has 94 valence electrons. The molecular weight excluding hydrogens is 252 g/mol. The molecule has 6 heteroatoms. The van der Waals surface area contributed by atoms with E-state index in [2.05, 4.69) is 10.4 Å². The molecule has 0 saturated heterocycles. The zero-order chi connectivity index (χ0) is 13.0. The number of carbonyl (C=O) groups is 1. The van der Waals surface area contributed by atoms with Gasteiger partial charge in [0.05, 0.1) is 11.4 Å². The highest BCUT2D eigenvalue weighted by Gasteiger charge is 2.06. The van der Waals surface area contributed by atoms with Gasteiger partial charge in [-0.1, -0.05) is 11.6 Å². The summed E-state index contributed by atoms with van der Waals surface area (Å²) in [4.78, 5) is 11.7. The third-order valence-corrected chi connectivity index (χ3v) is 2.65. The molecule has 0 bridgehead atoms. The summed E-state index contributed by atoms with van der Waals surface area (Å²) in [5, 5.41) is 7.30. The Morgan fingerprint density at radius 2 is 2.33 bits per heavy atom. The number of aromatic nitrogens is 2. The number of rotatable bonds is 4. The van der Waals surface area contributed by atoms with E-state index in [1.165, 1.54) is 0 Å². The van der Waals surface area contributed by atoms with Gasteiger partial charge in [0.15, 0.2) is 0 Å². The van der Waals surface area contributed by atoms with E-state index in [9.17, 15) is 4.79 Å². The van der Waals surface area contributed by atoms with Crippen LogP contribution in [0.25, 0.3) is 0 Å². The predicted molar refractivity (Wildman–Crippen MR) is 71.3 cm³/mol. The second-order valence-electron chi connectivity index (χ2n) is 3.80. The molecule has 0 aliphatic carbocycles. The molecule has 0 aliphatic rings. The summed E-state index contributed by atoms with van der Waals surface area (Å²) < 4.78 is 1.70. The van der Waals surface area contributed by atoms with Crippen LogP contribution < -0.4 is 11.1 Å². The third-order valence-electron chi connectivity index (χ3n) is 2.41. The molecule has 3 N–H and O–H groups in total. The zero-order valence-electron chi connectivity index (χ0n) is 9.64. The van der Waals surface area contributed by atoms with Crippen molar-refractivity contribution in [3.8, 4) is 0 Å². The maximum absolute atomic E-state index is 11.7. The number of benzene rings is 1. The molecular formula is C12H13ClN4O. The number of halogens is 1. The Kier molecular flexibility index (Phi) is 3.84. The fourth-order valence-electron chi connectivity index (χ4n) is 1.51. The van der Waals surface area contributed by atoms with Crippen molar-refractivity contribution in [3.05, 3.63) is 41.7 Å². The lowest BCUT2D eigenvalue weighted by Gasteiger charge is -2.08. The van der Waals surface area contributed by atoms with E-state index in [0.717, 1.165) is 0 Å². The van der Waals surface area contributed by atoms with Crippen LogP contribution in [0.2, 0.25) is 5.02 Å². The smallest absolute Gasteiger partial charge is 0.226 e. The van der Waals surface area contributed by atoms with Gasteiger partial charge < -0.3 is 11.1 Å². The van der Waals surface area contributed by atoms with E-state index in [0.29, 0.717) is 29.4 Å². The zero-order valence-corrected chi connectivity index (χ0v) is 10.4. The van der Waals surface area contributed by atoms with Gasteiger partial charge in [-0.2, -0.15) is 5.10 Å². The highest BCUT2D eigenvalue weighted by Crippen LogP contribution is 2.22. The number of hydrogen-bond donors (Lipinski definition) is 2. The molecule has 0 aliphatic heterocycles. The van der Waals surface area contributed by atoms with Gasteiger partial charge in [0, 0.05) is 30.4 Å². The first-order valence-electron chi connectivity index (χ1n) is 5.47. The number of nitrogens with two attached hydrogens (primary N) is 1. The second-order valence-corrected chi connectivity index (χ2v) is 4.24. The monoisotopic (exact) mass is 264 g/mol. The van der Waals surface area contributed by atoms with E-state index in [1.807, 2.05) is 12.3 Å². The van der Waals surface area contributed by atoms with Crippen molar-refractivity contribution in [1.29, 1.82) is 0 Å². The minimum atomic E-state index is -0.112. The molecule has 1 heterocycles. The summed E-state index contributed by atoms with van der Waals surface area (Å²) >= 11 is 5.78. The Morgan fingerprint density at radius 3 is 3.00 bits per heavy atom. The third kappa shape index (κ3) is 3.24. The molecule has 0 fully saturated rings. The SMILES string of the molecule is Nc1cc(Cl)ccc1NC(=O)CCn1cccn1. The van der Waals surface area contributed by atoms with E-state index >= 15 is 0 Å². The van der Waals surface area contributed by atoms with Crippen molar-refractivity contribution < 1.29 is 4.79 Å². The molecule has 1 aromatic carbocycles. The van der Waals surface area contributed by atoms with Crippen LogP contribution in [-0.2, 0) is 11.3 Å². The molecule has 2 rings (SSSR count). The van der Waals surface area contributed by atoms with Gasteiger partial charge in [-0.15, -0.1) is 0 Å². The van der Waals surface area contributed by atoms with Crippen LogP contribution in [0.15, 0.2) is 36.7 Å². The first-order chi connectivity index (χ1) is 8.65. The normalized spacial score (nSPS) is 10.3. The number of amides is 1. The first-order valence-corrected chi connectivity index (χ1v) is 5.85. The van der Waals surface area contributed by atoms with Crippen LogP contribution in [0.1, 0.15) is 6.42 Å². The van der Waals surface area contributed by atoms with Gasteiger partial charge in [0.25, 0.3) is 0 Å². The topological polar surface area (TPSA) is 72.9 Å². The molecule has 18 heavy (non-hydrogen) atoms. The summed E-state index contributed by atoms with van der Waals surface area (Å²) in [6, 6.07) is 6.78.